The monoisotopic (exact) mass is 201 g/mol. The van der Waals surface area contributed by atoms with Gasteiger partial charge in [0.1, 0.15) is 11.6 Å². The van der Waals surface area contributed by atoms with Gasteiger partial charge in [0.15, 0.2) is 0 Å². The van der Waals surface area contributed by atoms with E-state index in [-0.39, 0.29) is 6.54 Å². The first-order valence-corrected chi connectivity index (χ1v) is 4.72. The van der Waals surface area contributed by atoms with Gasteiger partial charge in [-0.25, -0.2) is 0 Å². The van der Waals surface area contributed by atoms with Crippen LogP contribution in [-0.2, 0) is 4.79 Å². The summed E-state index contributed by atoms with van der Waals surface area (Å²) in [5.41, 5.74) is 0. The number of nitrogens with zero attached hydrogens (tertiary/aromatic N) is 3. The molecule has 5 nitrogen and oxygen atoms in total. The normalized spacial score (nSPS) is 10.0. The summed E-state index contributed by atoms with van der Waals surface area (Å²) in [6, 6.07) is 0. The molecule has 1 rings (SSSR count). The summed E-state index contributed by atoms with van der Waals surface area (Å²) >= 11 is 1.40. The maximum atomic E-state index is 10.5. The zero-order valence-electron chi connectivity index (χ0n) is 7.52. The third-order valence-electron chi connectivity index (χ3n) is 1.49. The Morgan fingerprint density at radius 1 is 1.62 bits per heavy atom. The Morgan fingerprint density at radius 2 is 2.31 bits per heavy atom. The molecule has 0 unspecified atom stereocenters. The Labute approximate surface area is 80.0 Å². The summed E-state index contributed by atoms with van der Waals surface area (Å²) in [4.78, 5) is 12.1. The average molecular weight is 201 g/mol. The molecule has 0 saturated heterocycles. The summed E-state index contributed by atoms with van der Waals surface area (Å²) in [6.45, 7) is 4.33. The van der Waals surface area contributed by atoms with Gasteiger partial charge < -0.3 is 10.0 Å². The molecule has 1 N–H and O–H groups in total. The summed E-state index contributed by atoms with van der Waals surface area (Å²) in [6.07, 6.45) is 0. The van der Waals surface area contributed by atoms with Crippen molar-refractivity contribution in [1.82, 2.24) is 10.2 Å². The molecule has 72 valence electrons. The zero-order valence-corrected chi connectivity index (χ0v) is 8.34. The van der Waals surface area contributed by atoms with Gasteiger partial charge in [-0.05, 0) is 13.8 Å². The molecule has 1 aromatic heterocycles. The Hall–Kier alpha value is -1.17. The van der Waals surface area contributed by atoms with Crippen LogP contribution in [0, 0.1) is 6.92 Å². The van der Waals surface area contributed by atoms with Crippen molar-refractivity contribution in [2.45, 2.75) is 13.8 Å². The van der Waals surface area contributed by atoms with E-state index in [9.17, 15) is 4.79 Å². The van der Waals surface area contributed by atoms with Crippen molar-refractivity contribution in [1.29, 1.82) is 0 Å². The van der Waals surface area contributed by atoms with Gasteiger partial charge in [0.2, 0.25) is 5.13 Å². The number of carboxylic acids is 1. The lowest BCUT2D eigenvalue weighted by Crippen LogP contribution is -2.29. The molecule has 13 heavy (non-hydrogen) atoms. The van der Waals surface area contributed by atoms with E-state index in [4.69, 9.17) is 5.11 Å². The van der Waals surface area contributed by atoms with Crippen molar-refractivity contribution < 1.29 is 9.90 Å². The van der Waals surface area contributed by atoms with Crippen molar-refractivity contribution in [3.8, 4) is 0 Å². The first kappa shape index (κ1) is 9.91. The number of aromatic nitrogens is 2. The lowest BCUT2D eigenvalue weighted by Gasteiger charge is -2.15. The molecule has 0 spiro atoms. The average Bonchev–Trinajstić information content (AvgIpc) is 2.47. The maximum absolute atomic E-state index is 10.5. The van der Waals surface area contributed by atoms with Crippen molar-refractivity contribution in [2.24, 2.45) is 0 Å². The van der Waals surface area contributed by atoms with Crippen molar-refractivity contribution in [3.05, 3.63) is 5.01 Å². The zero-order chi connectivity index (χ0) is 9.84. The fourth-order valence-electron chi connectivity index (χ4n) is 0.892. The summed E-state index contributed by atoms with van der Waals surface area (Å²) in [5, 5.41) is 17.8. The van der Waals surface area contributed by atoms with E-state index in [1.54, 1.807) is 4.90 Å². The van der Waals surface area contributed by atoms with Gasteiger partial charge in [-0.1, -0.05) is 11.3 Å². The molecule has 0 aromatic carbocycles. The van der Waals surface area contributed by atoms with Crippen LogP contribution in [0.3, 0.4) is 0 Å². The molecule has 0 radical (unpaired) electrons. The van der Waals surface area contributed by atoms with E-state index in [1.807, 2.05) is 13.8 Å². The van der Waals surface area contributed by atoms with Crippen LogP contribution < -0.4 is 4.90 Å². The van der Waals surface area contributed by atoms with E-state index in [0.29, 0.717) is 11.7 Å². The minimum Gasteiger partial charge on any atom is -0.480 e. The quantitative estimate of drug-likeness (QED) is 0.779. The van der Waals surface area contributed by atoms with Gasteiger partial charge in [-0.15, -0.1) is 10.2 Å². The van der Waals surface area contributed by atoms with Crippen LogP contribution in [-0.4, -0.2) is 34.4 Å². The molecule has 0 fully saturated rings. The van der Waals surface area contributed by atoms with E-state index in [2.05, 4.69) is 10.2 Å². The van der Waals surface area contributed by atoms with Crippen LogP contribution in [0.1, 0.15) is 11.9 Å². The topological polar surface area (TPSA) is 66.3 Å². The molecule has 1 heterocycles. The standard InChI is InChI=1S/C7H11N3O2S/c1-3-10(4-6(11)12)7-9-8-5(2)13-7/h3-4H2,1-2H3,(H,11,12). The van der Waals surface area contributed by atoms with Gasteiger partial charge in [0, 0.05) is 6.54 Å². The molecule has 0 aliphatic rings. The van der Waals surface area contributed by atoms with Crippen molar-refractivity contribution >= 4 is 22.4 Å². The van der Waals surface area contributed by atoms with Gasteiger partial charge in [0.05, 0.1) is 0 Å². The van der Waals surface area contributed by atoms with E-state index in [0.717, 1.165) is 5.01 Å². The minimum atomic E-state index is -0.852. The summed E-state index contributed by atoms with van der Waals surface area (Å²) in [7, 11) is 0. The highest BCUT2D eigenvalue weighted by molar-refractivity contribution is 7.15. The van der Waals surface area contributed by atoms with Gasteiger partial charge in [0.25, 0.3) is 0 Å². The Bertz CT molecular complexity index is 300. The first-order valence-electron chi connectivity index (χ1n) is 3.90. The van der Waals surface area contributed by atoms with Gasteiger partial charge in [-0.3, -0.25) is 4.79 Å². The molecular weight excluding hydrogens is 190 g/mol. The van der Waals surface area contributed by atoms with Crippen LogP contribution in [0.4, 0.5) is 5.13 Å². The van der Waals surface area contributed by atoms with Crippen LogP contribution in [0.25, 0.3) is 0 Å². The molecule has 6 heteroatoms. The van der Waals surface area contributed by atoms with Crippen molar-refractivity contribution in [2.75, 3.05) is 18.0 Å². The number of likely N-dealkylation sites (N-methyl/N-ethyl adjacent to an activating group) is 1. The van der Waals surface area contributed by atoms with Crippen molar-refractivity contribution in [3.63, 3.8) is 0 Å². The fraction of sp³-hybridized carbons (Fsp3) is 0.571. The second-order valence-electron chi connectivity index (χ2n) is 2.51. The Balaban J connectivity index is 2.72. The summed E-state index contributed by atoms with van der Waals surface area (Å²) in [5.74, 6) is -0.852. The Morgan fingerprint density at radius 3 is 2.69 bits per heavy atom. The van der Waals surface area contributed by atoms with Crippen LogP contribution >= 0.6 is 11.3 Å². The van der Waals surface area contributed by atoms with E-state index in [1.165, 1.54) is 11.3 Å². The molecule has 0 atom stereocenters. The molecule has 0 bridgehead atoms. The van der Waals surface area contributed by atoms with E-state index < -0.39 is 5.97 Å². The lowest BCUT2D eigenvalue weighted by atomic mass is 10.5. The molecule has 0 aliphatic heterocycles. The van der Waals surface area contributed by atoms with Gasteiger partial charge in [-0.2, -0.15) is 0 Å². The molecule has 0 amide bonds. The highest BCUT2D eigenvalue weighted by Crippen LogP contribution is 2.18. The molecular formula is C7H11N3O2S. The van der Waals surface area contributed by atoms with Crippen LogP contribution in [0.2, 0.25) is 0 Å². The maximum Gasteiger partial charge on any atom is 0.323 e. The molecule has 0 aliphatic carbocycles. The molecule has 0 saturated carbocycles. The SMILES string of the molecule is CCN(CC(=O)O)c1nnc(C)s1. The number of carbonyl (C=O) groups is 1. The van der Waals surface area contributed by atoms with Crippen LogP contribution in [0.15, 0.2) is 0 Å². The predicted molar refractivity (Wildman–Crippen MR) is 50.2 cm³/mol. The van der Waals surface area contributed by atoms with E-state index >= 15 is 0 Å². The Kier molecular flexibility index (Phi) is 3.18. The second-order valence-corrected chi connectivity index (χ2v) is 3.67. The smallest absolute Gasteiger partial charge is 0.323 e. The van der Waals surface area contributed by atoms with Gasteiger partial charge >= 0.3 is 5.97 Å². The molecule has 1 aromatic rings. The van der Waals surface area contributed by atoms with Crippen LogP contribution in [0.5, 0.6) is 0 Å². The minimum absolute atomic E-state index is 0.0227. The highest BCUT2D eigenvalue weighted by Gasteiger charge is 2.12. The largest absolute Gasteiger partial charge is 0.480 e. The number of hydrogen-bond donors (Lipinski definition) is 1. The first-order chi connectivity index (χ1) is 6.13. The third kappa shape index (κ3) is 2.66. The number of carboxylic acid groups (broad SMARTS) is 1. The fourth-order valence-corrected chi connectivity index (χ4v) is 1.64. The lowest BCUT2D eigenvalue weighted by molar-refractivity contribution is -0.135. The number of aliphatic carboxylic acids is 1. The second kappa shape index (κ2) is 4.18. The highest BCUT2D eigenvalue weighted by atomic mass is 32.1. The number of hydrogen-bond acceptors (Lipinski definition) is 5. The predicted octanol–water partition coefficient (Wildman–Crippen LogP) is 0.757. The number of anilines is 1. The number of aryl methyl sites for hydroxylation is 1. The summed E-state index contributed by atoms with van der Waals surface area (Å²) < 4.78 is 0. The number of rotatable bonds is 4. The third-order valence-corrected chi connectivity index (χ3v) is 2.39.